The minimum atomic E-state index is -5.25. The summed E-state index contributed by atoms with van der Waals surface area (Å²) in [4.78, 5) is 26.6. The largest absolute Gasteiger partial charge is 0.543 e. The van der Waals surface area contributed by atoms with E-state index in [0.717, 1.165) is 11.1 Å². The summed E-state index contributed by atoms with van der Waals surface area (Å²) in [5, 5.41) is -0.0302. The van der Waals surface area contributed by atoms with Gasteiger partial charge in [0.2, 0.25) is 8.32 Å². The SMILES string of the molecule is Cc1ccc(O[Si](C)(C)C(C)(C)C)cc1CC(CN1CCC2(CC1)OCc1ccccc12)C(=O)OC(=O)C(F)(F)F. The molecule has 1 fully saturated rings. The van der Waals surface area contributed by atoms with E-state index in [4.69, 9.17) is 9.16 Å². The highest BCUT2D eigenvalue weighted by atomic mass is 28.4. The Morgan fingerprint density at radius 1 is 1.07 bits per heavy atom. The van der Waals surface area contributed by atoms with Crippen LogP contribution in [0.5, 0.6) is 5.75 Å². The van der Waals surface area contributed by atoms with E-state index in [1.807, 2.05) is 42.2 Å². The lowest BCUT2D eigenvalue weighted by Crippen LogP contribution is -2.46. The summed E-state index contributed by atoms with van der Waals surface area (Å²) in [6, 6.07) is 13.8. The van der Waals surface area contributed by atoms with Gasteiger partial charge < -0.3 is 18.8 Å². The molecule has 0 bridgehead atoms. The van der Waals surface area contributed by atoms with Gasteiger partial charge in [0.1, 0.15) is 5.75 Å². The standard InChI is InChI=1S/C31H40F3NO5Si/c1-21-11-12-25(40-41(5,6)29(2,3)4)18-23(21)17-24(27(36)39-28(37)31(32,33)34)19-35-15-13-30(14-16-35)26-10-8-7-9-22(26)20-38-30/h7-12,18,24H,13-17,19-20H2,1-6H3. The number of piperidine rings is 1. The van der Waals surface area contributed by atoms with E-state index in [0.29, 0.717) is 38.3 Å². The van der Waals surface area contributed by atoms with Crippen molar-refractivity contribution >= 4 is 20.3 Å². The predicted molar refractivity (Wildman–Crippen MR) is 152 cm³/mol. The second kappa shape index (κ2) is 11.5. The van der Waals surface area contributed by atoms with Gasteiger partial charge in [0.15, 0.2) is 0 Å². The van der Waals surface area contributed by atoms with Crippen molar-refractivity contribution in [1.82, 2.24) is 4.90 Å². The number of carbonyl (C=O) groups is 2. The zero-order valence-corrected chi connectivity index (χ0v) is 25.7. The number of benzene rings is 2. The molecule has 4 rings (SSSR count). The number of halogens is 3. The van der Waals surface area contributed by atoms with Gasteiger partial charge in [-0.1, -0.05) is 51.1 Å². The van der Waals surface area contributed by atoms with Crippen LogP contribution in [-0.4, -0.2) is 51.0 Å². The van der Waals surface area contributed by atoms with Crippen molar-refractivity contribution in [2.45, 2.75) is 83.5 Å². The zero-order chi connectivity index (χ0) is 30.2. The summed E-state index contributed by atoms with van der Waals surface area (Å²) in [5.41, 5.74) is 3.61. The van der Waals surface area contributed by atoms with Crippen LogP contribution in [0.25, 0.3) is 0 Å². The van der Waals surface area contributed by atoms with Gasteiger partial charge in [0, 0.05) is 19.6 Å². The van der Waals surface area contributed by atoms with Gasteiger partial charge in [-0.15, -0.1) is 0 Å². The summed E-state index contributed by atoms with van der Waals surface area (Å²) >= 11 is 0. The van der Waals surface area contributed by atoms with Crippen molar-refractivity contribution in [3.8, 4) is 5.75 Å². The molecule has 10 heteroatoms. The first-order valence-electron chi connectivity index (χ1n) is 14.1. The first-order chi connectivity index (χ1) is 19.0. The number of esters is 2. The molecule has 1 spiro atoms. The maximum Gasteiger partial charge on any atom is 0.491 e. The van der Waals surface area contributed by atoms with Crippen molar-refractivity contribution in [3.63, 3.8) is 0 Å². The lowest BCUT2D eigenvalue weighted by molar-refractivity contribution is -0.203. The Balaban J connectivity index is 1.52. The van der Waals surface area contributed by atoms with Crippen LogP contribution in [0.1, 0.15) is 55.9 Å². The molecule has 0 N–H and O–H groups in total. The molecule has 2 aliphatic heterocycles. The quantitative estimate of drug-likeness (QED) is 0.203. The molecule has 1 atom stereocenters. The molecular formula is C31H40F3NO5Si. The Bertz CT molecular complexity index is 1280. The average Bonchev–Trinajstić information content (AvgIpc) is 3.23. The van der Waals surface area contributed by atoms with E-state index in [9.17, 15) is 22.8 Å². The Hall–Kier alpha value is -2.69. The van der Waals surface area contributed by atoms with Crippen LogP contribution in [-0.2, 0) is 37.7 Å². The molecule has 0 aromatic heterocycles. The zero-order valence-electron chi connectivity index (χ0n) is 24.7. The van der Waals surface area contributed by atoms with Crippen molar-refractivity contribution in [1.29, 1.82) is 0 Å². The molecule has 2 aromatic carbocycles. The fourth-order valence-corrected chi connectivity index (χ4v) is 6.33. The summed E-state index contributed by atoms with van der Waals surface area (Å²) in [6.45, 7) is 14.5. The molecule has 224 valence electrons. The number of carbonyl (C=O) groups excluding carboxylic acids is 2. The summed E-state index contributed by atoms with van der Waals surface area (Å²) in [6.07, 6.45) is -3.74. The Morgan fingerprint density at radius 2 is 1.73 bits per heavy atom. The highest BCUT2D eigenvalue weighted by molar-refractivity contribution is 6.74. The molecule has 0 aliphatic carbocycles. The number of nitrogens with zero attached hydrogens (tertiary/aromatic N) is 1. The van der Waals surface area contributed by atoms with E-state index in [1.54, 1.807) is 0 Å². The van der Waals surface area contributed by atoms with Gasteiger partial charge in [-0.25, -0.2) is 4.79 Å². The second-order valence-corrected chi connectivity index (χ2v) is 17.5. The number of hydrogen-bond acceptors (Lipinski definition) is 6. The smallest absolute Gasteiger partial charge is 0.491 e. The number of likely N-dealkylation sites (tertiary alicyclic amines) is 1. The molecule has 0 saturated carbocycles. The van der Waals surface area contributed by atoms with Crippen molar-refractivity contribution < 1.29 is 36.7 Å². The van der Waals surface area contributed by atoms with Crippen LogP contribution in [0.2, 0.25) is 18.1 Å². The number of fused-ring (bicyclic) bond motifs is 2. The van der Waals surface area contributed by atoms with Gasteiger partial charge in [-0.05, 0) is 78.7 Å². The van der Waals surface area contributed by atoms with Gasteiger partial charge >= 0.3 is 18.1 Å². The summed E-state index contributed by atoms with van der Waals surface area (Å²) < 4.78 is 55.9. The van der Waals surface area contributed by atoms with Gasteiger partial charge in [-0.2, -0.15) is 13.2 Å². The molecule has 1 saturated heterocycles. The number of rotatable bonds is 7. The van der Waals surface area contributed by atoms with Crippen LogP contribution in [0, 0.1) is 12.8 Å². The lowest BCUT2D eigenvalue weighted by atomic mass is 9.83. The Labute approximate surface area is 241 Å². The van der Waals surface area contributed by atoms with Crippen LogP contribution in [0.15, 0.2) is 42.5 Å². The molecule has 6 nitrogen and oxygen atoms in total. The van der Waals surface area contributed by atoms with Crippen LogP contribution >= 0.6 is 0 Å². The highest BCUT2D eigenvalue weighted by Crippen LogP contribution is 2.44. The van der Waals surface area contributed by atoms with Gasteiger partial charge in [-0.3, -0.25) is 4.79 Å². The number of hydrogen-bond donors (Lipinski definition) is 0. The topological polar surface area (TPSA) is 65.1 Å². The van der Waals surface area contributed by atoms with Crippen LogP contribution < -0.4 is 4.43 Å². The first kappa shape index (κ1) is 31.2. The molecular weight excluding hydrogens is 551 g/mol. The normalized spacial score (nSPS) is 18.2. The Kier molecular flexibility index (Phi) is 8.79. The van der Waals surface area contributed by atoms with Crippen molar-refractivity contribution in [2.24, 2.45) is 5.92 Å². The van der Waals surface area contributed by atoms with Crippen molar-refractivity contribution in [3.05, 3.63) is 64.7 Å². The van der Waals surface area contributed by atoms with E-state index in [2.05, 4.69) is 50.7 Å². The maximum absolute atomic E-state index is 13.0. The monoisotopic (exact) mass is 591 g/mol. The predicted octanol–water partition coefficient (Wildman–Crippen LogP) is 6.69. The second-order valence-electron chi connectivity index (χ2n) is 12.8. The first-order valence-corrected chi connectivity index (χ1v) is 17.0. The maximum atomic E-state index is 13.0. The fourth-order valence-electron chi connectivity index (χ4n) is 5.31. The Morgan fingerprint density at radius 3 is 2.37 bits per heavy atom. The molecule has 2 heterocycles. The van der Waals surface area contributed by atoms with E-state index < -0.39 is 32.4 Å². The summed E-state index contributed by atoms with van der Waals surface area (Å²) in [5.74, 6) is -3.99. The molecule has 2 aliphatic rings. The third-order valence-corrected chi connectivity index (χ3v) is 13.2. The number of alkyl halides is 3. The molecule has 2 aromatic rings. The minimum Gasteiger partial charge on any atom is -0.543 e. The van der Waals surface area contributed by atoms with Crippen molar-refractivity contribution in [2.75, 3.05) is 19.6 Å². The van der Waals surface area contributed by atoms with E-state index in [1.165, 1.54) is 11.1 Å². The lowest BCUT2D eigenvalue weighted by Gasteiger charge is -2.40. The van der Waals surface area contributed by atoms with Gasteiger partial charge in [0.25, 0.3) is 0 Å². The van der Waals surface area contributed by atoms with E-state index in [-0.39, 0.29) is 23.6 Å². The van der Waals surface area contributed by atoms with Gasteiger partial charge in [0.05, 0.1) is 18.1 Å². The third-order valence-electron chi connectivity index (χ3n) is 8.88. The number of ether oxygens (including phenoxy) is 2. The third kappa shape index (κ3) is 7.03. The summed E-state index contributed by atoms with van der Waals surface area (Å²) in [7, 11) is -2.15. The van der Waals surface area contributed by atoms with Crippen LogP contribution in [0.3, 0.4) is 0 Å². The molecule has 0 amide bonds. The molecule has 41 heavy (non-hydrogen) atoms. The molecule has 1 unspecified atom stereocenters. The highest BCUT2D eigenvalue weighted by Gasteiger charge is 2.45. The average molecular weight is 592 g/mol. The molecule has 0 radical (unpaired) electrons. The minimum absolute atomic E-state index is 0.0302. The number of aryl methyl sites for hydroxylation is 1. The van der Waals surface area contributed by atoms with Crippen LogP contribution in [0.4, 0.5) is 13.2 Å². The van der Waals surface area contributed by atoms with E-state index >= 15 is 0 Å². The fraction of sp³-hybridized carbons (Fsp3) is 0.548.